The molecular formula is C18H25BrN2O3. The Bertz CT molecular complexity index is 591. The number of hydrogen-bond donors (Lipinski definition) is 1. The summed E-state index contributed by atoms with van der Waals surface area (Å²) in [5, 5.41) is 2.73. The number of carbonyl (C=O) groups excluding carboxylic acids is 2. The van der Waals surface area contributed by atoms with E-state index in [9.17, 15) is 9.59 Å². The van der Waals surface area contributed by atoms with Crippen molar-refractivity contribution in [1.29, 1.82) is 0 Å². The molecule has 1 aliphatic rings. The Morgan fingerprint density at radius 2 is 1.83 bits per heavy atom. The highest BCUT2D eigenvalue weighted by atomic mass is 79.9. The van der Waals surface area contributed by atoms with Crippen molar-refractivity contribution in [1.82, 2.24) is 10.2 Å². The second-order valence-electron chi connectivity index (χ2n) is 7.16. The maximum atomic E-state index is 12.9. The van der Waals surface area contributed by atoms with E-state index < -0.39 is 17.7 Å². The fourth-order valence-corrected chi connectivity index (χ4v) is 2.79. The van der Waals surface area contributed by atoms with Crippen molar-refractivity contribution < 1.29 is 14.3 Å². The lowest BCUT2D eigenvalue weighted by atomic mass is 9.91. The summed E-state index contributed by atoms with van der Waals surface area (Å²) in [6, 6.07) is 6.89. The first-order chi connectivity index (χ1) is 11.2. The number of nitrogens with one attached hydrogen (secondary N) is 1. The van der Waals surface area contributed by atoms with E-state index in [1.54, 1.807) is 32.7 Å². The smallest absolute Gasteiger partial charge is 0.408 e. The Kier molecular flexibility index (Phi) is 5.91. The van der Waals surface area contributed by atoms with Crippen molar-refractivity contribution in [3.05, 3.63) is 34.3 Å². The predicted molar refractivity (Wildman–Crippen MR) is 96.7 cm³/mol. The fourth-order valence-electron chi connectivity index (χ4n) is 2.53. The van der Waals surface area contributed by atoms with Crippen LogP contribution in [0.1, 0.15) is 51.6 Å². The molecule has 1 aromatic carbocycles. The van der Waals surface area contributed by atoms with Gasteiger partial charge >= 0.3 is 6.09 Å². The van der Waals surface area contributed by atoms with E-state index in [1.165, 1.54) is 0 Å². The third-order valence-electron chi connectivity index (χ3n) is 4.08. The summed E-state index contributed by atoms with van der Waals surface area (Å²) in [7, 11) is 1.80. The molecule has 1 aliphatic carbocycles. The summed E-state index contributed by atoms with van der Waals surface area (Å²) in [6.45, 7) is 5.39. The Morgan fingerprint density at radius 3 is 2.29 bits per heavy atom. The molecule has 5 nitrogen and oxygen atoms in total. The number of amides is 2. The molecule has 0 bridgehead atoms. The van der Waals surface area contributed by atoms with Gasteiger partial charge < -0.3 is 15.0 Å². The van der Waals surface area contributed by atoms with E-state index in [0.29, 0.717) is 0 Å². The van der Waals surface area contributed by atoms with Crippen molar-refractivity contribution in [2.45, 2.75) is 57.7 Å². The number of alkyl carbamates (subject to hydrolysis) is 1. The second-order valence-corrected chi connectivity index (χ2v) is 8.08. The predicted octanol–water partition coefficient (Wildman–Crippen LogP) is 4.03. The van der Waals surface area contributed by atoms with E-state index in [4.69, 9.17) is 4.74 Å². The maximum absolute atomic E-state index is 12.9. The normalized spacial score (nSPS) is 16.0. The number of hydrogen-bond acceptors (Lipinski definition) is 3. The van der Waals surface area contributed by atoms with Crippen LogP contribution in [0.2, 0.25) is 0 Å². The van der Waals surface area contributed by atoms with Crippen molar-refractivity contribution in [2.75, 3.05) is 7.05 Å². The average molecular weight is 397 g/mol. The molecule has 24 heavy (non-hydrogen) atoms. The van der Waals surface area contributed by atoms with Gasteiger partial charge in [-0.15, -0.1) is 0 Å². The summed E-state index contributed by atoms with van der Waals surface area (Å²) < 4.78 is 6.23. The SMILES string of the molecule is CN(C(=O)C(NC(=O)OC(C)(C)C)c1ccc(Br)cc1)C1CCC1. The largest absolute Gasteiger partial charge is 0.444 e. The van der Waals surface area contributed by atoms with Crippen LogP contribution in [-0.4, -0.2) is 35.6 Å². The van der Waals surface area contributed by atoms with Gasteiger partial charge in [-0.25, -0.2) is 4.79 Å². The molecule has 1 saturated carbocycles. The third-order valence-corrected chi connectivity index (χ3v) is 4.61. The van der Waals surface area contributed by atoms with Crippen LogP contribution < -0.4 is 5.32 Å². The third kappa shape index (κ3) is 4.97. The monoisotopic (exact) mass is 396 g/mol. The summed E-state index contributed by atoms with van der Waals surface area (Å²) in [6.07, 6.45) is 2.58. The van der Waals surface area contributed by atoms with Crippen molar-refractivity contribution in [3.8, 4) is 0 Å². The number of likely N-dealkylation sites (N-methyl/N-ethyl adjacent to an activating group) is 1. The van der Waals surface area contributed by atoms with Gasteiger partial charge in [0.1, 0.15) is 11.6 Å². The molecular weight excluding hydrogens is 372 g/mol. The molecule has 6 heteroatoms. The lowest BCUT2D eigenvalue weighted by Gasteiger charge is -2.37. The van der Waals surface area contributed by atoms with Crippen molar-refractivity contribution >= 4 is 27.9 Å². The Labute approximate surface area is 151 Å². The van der Waals surface area contributed by atoms with Gasteiger partial charge in [-0.1, -0.05) is 28.1 Å². The van der Waals surface area contributed by atoms with E-state index >= 15 is 0 Å². The molecule has 0 spiro atoms. The summed E-state index contributed by atoms with van der Waals surface area (Å²) in [5.74, 6) is -0.118. The first kappa shape index (κ1) is 18.8. The first-order valence-electron chi connectivity index (χ1n) is 8.19. The minimum Gasteiger partial charge on any atom is -0.444 e. The van der Waals surface area contributed by atoms with Crippen LogP contribution in [0.25, 0.3) is 0 Å². The molecule has 2 rings (SSSR count). The molecule has 1 unspecified atom stereocenters. The van der Waals surface area contributed by atoms with Crippen LogP contribution in [0.15, 0.2) is 28.7 Å². The Hall–Kier alpha value is -1.56. The molecule has 1 atom stereocenters. The van der Waals surface area contributed by atoms with E-state index in [0.717, 1.165) is 29.3 Å². The minimum absolute atomic E-state index is 0.118. The van der Waals surface area contributed by atoms with Gasteiger partial charge in [0.15, 0.2) is 0 Å². The molecule has 1 aromatic rings. The topological polar surface area (TPSA) is 58.6 Å². The van der Waals surface area contributed by atoms with Gasteiger partial charge in [0, 0.05) is 17.6 Å². The zero-order valence-corrected chi connectivity index (χ0v) is 16.2. The summed E-state index contributed by atoms with van der Waals surface area (Å²) in [5.41, 5.74) is 0.123. The van der Waals surface area contributed by atoms with Gasteiger partial charge in [0.05, 0.1) is 0 Å². The molecule has 0 aromatic heterocycles. The molecule has 0 heterocycles. The molecule has 132 valence electrons. The van der Waals surface area contributed by atoms with Crippen LogP contribution in [0.4, 0.5) is 4.79 Å². The van der Waals surface area contributed by atoms with Crippen molar-refractivity contribution in [3.63, 3.8) is 0 Å². The summed E-state index contributed by atoms with van der Waals surface area (Å²) >= 11 is 3.39. The standard InChI is InChI=1S/C18H25BrN2O3/c1-18(2,3)24-17(23)20-15(12-8-10-13(19)11-9-12)16(22)21(4)14-6-5-7-14/h8-11,14-15H,5-7H2,1-4H3,(H,20,23). The fraction of sp³-hybridized carbons (Fsp3) is 0.556. The Morgan fingerprint density at radius 1 is 1.25 bits per heavy atom. The van der Waals surface area contributed by atoms with Crippen LogP contribution >= 0.6 is 15.9 Å². The van der Waals surface area contributed by atoms with Gasteiger partial charge in [-0.05, 0) is 57.7 Å². The molecule has 1 fully saturated rings. The molecule has 0 radical (unpaired) electrons. The van der Waals surface area contributed by atoms with Crippen LogP contribution in [0, 0.1) is 0 Å². The van der Waals surface area contributed by atoms with Crippen molar-refractivity contribution in [2.24, 2.45) is 0 Å². The van der Waals surface area contributed by atoms with E-state index in [1.807, 2.05) is 24.3 Å². The zero-order chi connectivity index (χ0) is 17.9. The minimum atomic E-state index is -0.751. The lowest BCUT2D eigenvalue weighted by Crippen LogP contribution is -2.48. The highest BCUT2D eigenvalue weighted by Crippen LogP contribution is 2.27. The van der Waals surface area contributed by atoms with Gasteiger partial charge in [-0.2, -0.15) is 0 Å². The van der Waals surface area contributed by atoms with Crippen LogP contribution in [0.5, 0.6) is 0 Å². The Balaban J connectivity index is 2.18. The number of carbonyl (C=O) groups is 2. The number of halogens is 1. The number of nitrogens with zero attached hydrogens (tertiary/aromatic N) is 1. The van der Waals surface area contributed by atoms with Crippen LogP contribution in [-0.2, 0) is 9.53 Å². The molecule has 1 N–H and O–H groups in total. The second kappa shape index (κ2) is 7.55. The van der Waals surface area contributed by atoms with Crippen LogP contribution in [0.3, 0.4) is 0 Å². The number of rotatable bonds is 4. The number of benzene rings is 1. The maximum Gasteiger partial charge on any atom is 0.408 e. The van der Waals surface area contributed by atoms with Gasteiger partial charge in [0.25, 0.3) is 0 Å². The molecule has 0 aliphatic heterocycles. The lowest BCUT2D eigenvalue weighted by molar-refractivity contribution is -0.136. The van der Waals surface area contributed by atoms with Gasteiger partial charge in [0.2, 0.25) is 5.91 Å². The summed E-state index contributed by atoms with van der Waals surface area (Å²) in [4.78, 5) is 26.8. The number of ether oxygens (including phenoxy) is 1. The average Bonchev–Trinajstić information content (AvgIpc) is 2.41. The highest BCUT2D eigenvalue weighted by Gasteiger charge is 2.33. The van der Waals surface area contributed by atoms with E-state index in [2.05, 4.69) is 21.2 Å². The molecule has 2 amide bonds. The first-order valence-corrected chi connectivity index (χ1v) is 8.98. The molecule has 0 saturated heterocycles. The highest BCUT2D eigenvalue weighted by molar-refractivity contribution is 9.10. The quantitative estimate of drug-likeness (QED) is 0.835. The zero-order valence-electron chi connectivity index (χ0n) is 14.6. The van der Waals surface area contributed by atoms with E-state index in [-0.39, 0.29) is 11.9 Å². The van der Waals surface area contributed by atoms with Gasteiger partial charge in [-0.3, -0.25) is 4.79 Å².